The van der Waals surface area contributed by atoms with E-state index in [0.29, 0.717) is 5.75 Å². The quantitative estimate of drug-likeness (QED) is 0.756. The monoisotopic (exact) mass is 242 g/mol. The first kappa shape index (κ1) is 12.1. The predicted molar refractivity (Wildman–Crippen MR) is 57.7 cm³/mol. The lowest BCUT2D eigenvalue weighted by Crippen LogP contribution is -2.15. The molecule has 0 atom stereocenters. The van der Waals surface area contributed by atoms with Crippen molar-refractivity contribution in [3.8, 4) is 17.6 Å². The van der Waals surface area contributed by atoms with Crippen LogP contribution in [0, 0.1) is 11.3 Å². The summed E-state index contributed by atoms with van der Waals surface area (Å²) in [4.78, 5) is 0. The molecule has 0 aliphatic rings. The number of phenols is 1. The van der Waals surface area contributed by atoms with Gasteiger partial charge in [0.15, 0.2) is 5.75 Å². The van der Waals surface area contributed by atoms with Gasteiger partial charge in [0.05, 0.1) is 18.9 Å². The van der Waals surface area contributed by atoms with Crippen molar-refractivity contribution in [2.24, 2.45) is 0 Å². The molecule has 7 heteroatoms. The molecule has 0 aliphatic carbocycles. The number of nitrogens with one attached hydrogen (secondary N) is 1. The number of nitriles is 1. The summed E-state index contributed by atoms with van der Waals surface area (Å²) in [6.07, 6.45) is 0. The molecule has 0 aliphatic heterocycles. The molecule has 0 saturated heterocycles. The van der Waals surface area contributed by atoms with Crippen molar-refractivity contribution >= 4 is 15.7 Å². The molecule has 0 heterocycles. The highest BCUT2D eigenvalue weighted by Gasteiger charge is 2.12. The molecule has 0 amide bonds. The van der Waals surface area contributed by atoms with Gasteiger partial charge in [0.25, 0.3) is 0 Å². The lowest BCUT2D eigenvalue weighted by Gasteiger charge is -2.08. The minimum Gasteiger partial charge on any atom is -0.506 e. The van der Waals surface area contributed by atoms with E-state index >= 15 is 0 Å². The van der Waals surface area contributed by atoms with Crippen molar-refractivity contribution in [2.45, 2.75) is 0 Å². The van der Waals surface area contributed by atoms with Crippen molar-refractivity contribution in [3.63, 3.8) is 0 Å². The fourth-order valence-electron chi connectivity index (χ4n) is 1.01. The van der Waals surface area contributed by atoms with Crippen molar-refractivity contribution in [1.29, 1.82) is 5.26 Å². The maximum atomic E-state index is 11.3. The third-order valence-electron chi connectivity index (χ3n) is 1.72. The normalized spacial score (nSPS) is 10.5. The lowest BCUT2D eigenvalue weighted by molar-refractivity contribution is 0.413. The Bertz CT molecular complexity index is 519. The summed E-state index contributed by atoms with van der Waals surface area (Å²) in [6, 6.07) is 5.61. The summed E-state index contributed by atoms with van der Waals surface area (Å²) < 4.78 is 29.5. The van der Waals surface area contributed by atoms with Crippen LogP contribution in [0.3, 0.4) is 0 Å². The highest BCUT2D eigenvalue weighted by Crippen LogP contribution is 2.28. The van der Waals surface area contributed by atoms with Gasteiger partial charge in [-0.05, 0) is 12.1 Å². The first-order chi connectivity index (χ1) is 7.48. The molecule has 0 bridgehead atoms. The van der Waals surface area contributed by atoms with Gasteiger partial charge in [0, 0.05) is 6.07 Å². The average molecular weight is 242 g/mol. The van der Waals surface area contributed by atoms with Gasteiger partial charge in [-0.15, -0.1) is 0 Å². The maximum Gasteiger partial charge on any atom is 0.246 e. The number of methoxy groups -OCH3 is 1. The van der Waals surface area contributed by atoms with Crippen molar-refractivity contribution in [1.82, 2.24) is 0 Å². The molecule has 0 unspecified atom stereocenters. The first-order valence-corrected chi connectivity index (χ1v) is 5.88. The Kier molecular flexibility index (Phi) is 3.58. The van der Waals surface area contributed by atoms with Crippen LogP contribution in [0.2, 0.25) is 0 Å². The summed E-state index contributed by atoms with van der Waals surface area (Å²) >= 11 is 0. The van der Waals surface area contributed by atoms with E-state index in [2.05, 4.69) is 4.72 Å². The number of nitrogens with zero attached hydrogens (tertiary/aromatic N) is 1. The second kappa shape index (κ2) is 4.72. The Balaban J connectivity index is 3.02. The Hall–Kier alpha value is -1.94. The van der Waals surface area contributed by atoms with Crippen molar-refractivity contribution < 1.29 is 18.3 Å². The third kappa shape index (κ3) is 3.03. The number of anilines is 1. The minimum absolute atomic E-state index is 0.0189. The number of benzene rings is 1. The van der Waals surface area contributed by atoms with Gasteiger partial charge in [-0.3, -0.25) is 4.72 Å². The SMILES string of the molecule is COc1ccc(O)c(NS(=O)(=O)CC#N)c1. The van der Waals surface area contributed by atoms with Crippen LogP contribution in [0.4, 0.5) is 5.69 Å². The summed E-state index contributed by atoms with van der Waals surface area (Å²) in [5.74, 6) is -0.515. The predicted octanol–water partition coefficient (Wildman–Crippen LogP) is 0.666. The van der Waals surface area contributed by atoms with Crippen LogP contribution < -0.4 is 9.46 Å². The molecule has 0 radical (unpaired) electrons. The van der Waals surface area contributed by atoms with Gasteiger partial charge >= 0.3 is 0 Å². The molecular weight excluding hydrogens is 232 g/mol. The summed E-state index contributed by atoms with van der Waals surface area (Å²) in [7, 11) is -2.34. The van der Waals surface area contributed by atoms with E-state index in [1.807, 2.05) is 0 Å². The van der Waals surface area contributed by atoms with E-state index in [1.54, 1.807) is 0 Å². The Labute approximate surface area is 93.1 Å². The summed E-state index contributed by atoms with van der Waals surface area (Å²) in [6.45, 7) is 0. The Morgan fingerprint density at radius 2 is 2.25 bits per heavy atom. The van der Waals surface area contributed by atoms with Crippen LogP contribution in [0.15, 0.2) is 18.2 Å². The van der Waals surface area contributed by atoms with Gasteiger partial charge < -0.3 is 9.84 Å². The van der Waals surface area contributed by atoms with Crippen molar-refractivity contribution in [2.75, 3.05) is 17.6 Å². The number of rotatable bonds is 4. The lowest BCUT2D eigenvalue weighted by atomic mass is 10.3. The van der Waals surface area contributed by atoms with Gasteiger partial charge in [-0.25, -0.2) is 8.42 Å². The van der Waals surface area contributed by atoms with Gasteiger partial charge in [-0.2, -0.15) is 5.26 Å². The summed E-state index contributed by atoms with van der Waals surface area (Å²) in [5.41, 5.74) is -0.0189. The molecule has 1 aromatic carbocycles. The van der Waals surface area contributed by atoms with Crippen LogP contribution in [0.1, 0.15) is 0 Å². The average Bonchev–Trinajstić information content (AvgIpc) is 2.21. The molecule has 86 valence electrons. The van der Waals surface area contributed by atoms with Crippen LogP contribution >= 0.6 is 0 Å². The topological polar surface area (TPSA) is 99.4 Å². The second-order valence-corrected chi connectivity index (χ2v) is 4.62. The van der Waals surface area contributed by atoms with E-state index in [9.17, 15) is 13.5 Å². The molecule has 0 saturated carbocycles. The van der Waals surface area contributed by atoms with Gasteiger partial charge in [-0.1, -0.05) is 0 Å². The second-order valence-electron chi connectivity index (χ2n) is 2.90. The highest BCUT2D eigenvalue weighted by atomic mass is 32.2. The zero-order valence-electron chi connectivity index (χ0n) is 8.47. The first-order valence-electron chi connectivity index (χ1n) is 4.23. The Morgan fingerprint density at radius 1 is 1.56 bits per heavy atom. The molecule has 6 nitrogen and oxygen atoms in total. The number of ether oxygens (including phenoxy) is 1. The van der Waals surface area contributed by atoms with Crippen molar-refractivity contribution in [3.05, 3.63) is 18.2 Å². The largest absolute Gasteiger partial charge is 0.506 e. The highest BCUT2D eigenvalue weighted by molar-refractivity contribution is 7.92. The van der Waals surface area contributed by atoms with Crippen LogP contribution in [-0.2, 0) is 10.0 Å². The zero-order valence-corrected chi connectivity index (χ0v) is 9.28. The maximum absolute atomic E-state index is 11.3. The molecule has 1 rings (SSSR count). The standard InChI is InChI=1S/C9H10N2O4S/c1-15-7-2-3-9(12)8(6-7)11-16(13,14)5-4-10/h2-3,6,11-12H,5H2,1H3. The summed E-state index contributed by atoms with van der Waals surface area (Å²) in [5, 5.41) is 17.7. The smallest absolute Gasteiger partial charge is 0.246 e. The fraction of sp³-hybridized carbons (Fsp3) is 0.222. The molecular formula is C9H10N2O4S. The van der Waals surface area contributed by atoms with E-state index in [0.717, 1.165) is 0 Å². The molecule has 16 heavy (non-hydrogen) atoms. The zero-order chi connectivity index (χ0) is 12.2. The molecule has 2 N–H and O–H groups in total. The number of aromatic hydroxyl groups is 1. The van der Waals surface area contributed by atoms with Gasteiger partial charge in [0.1, 0.15) is 11.5 Å². The van der Waals surface area contributed by atoms with Gasteiger partial charge in [0.2, 0.25) is 10.0 Å². The number of sulfonamides is 1. The molecule has 0 spiro atoms. The Morgan fingerprint density at radius 3 is 2.81 bits per heavy atom. The van der Waals surface area contributed by atoms with E-state index in [4.69, 9.17) is 10.00 Å². The minimum atomic E-state index is -3.76. The molecule has 0 aromatic heterocycles. The molecule has 1 aromatic rings. The van der Waals surface area contributed by atoms with E-state index in [-0.39, 0.29) is 11.4 Å². The fourth-order valence-corrected chi connectivity index (χ4v) is 1.75. The third-order valence-corrected chi connectivity index (χ3v) is 2.76. The van der Waals surface area contributed by atoms with E-state index < -0.39 is 15.8 Å². The molecule has 0 fully saturated rings. The van der Waals surface area contributed by atoms with E-state index in [1.165, 1.54) is 31.4 Å². The van der Waals surface area contributed by atoms with Crippen LogP contribution in [0.5, 0.6) is 11.5 Å². The van der Waals surface area contributed by atoms with Crippen LogP contribution in [-0.4, -0.2) is 26.4 Å². The number of hydrogen-bond acceptors (Lipinski definition) is 5. The number of hydrogen-bond donors (Lipinski definition) is 2. The number of phenolic OH excluding ortho intramolecular Hbond substituents is 1. The van der Waals surface area contributed by atoms with Crippen LogP contribution in [0.25, 0.3) is 0 Å².